The number of carbonyl (C=O) groups excluding carboxylic acids is 1. The Kier molecular flexibility index (Phi) is 5.52. The van der Waals surface area contributed by atoms with Gasteiger partial charge in [0.25, 0.3) is 11.5 Å². The van der Waals surface area contributed by atoms with E-state index in [0.717, 1.165) is 5.69 Å². The lowest BCUT2D eigenvalue weighted by atomic mass is 10.1. The first-order valence-electron chi connectivity index (χ1n) is 9.61. The van der Waals surface area contributed by atoms with E-state index in [2.05, 4.69) is 15.4 Å². The predicted molar refractivity (Wildman–Crippen MR) is 114 cm³/mol. The van der Waals surface area contributed by atoms with Gasteiger partial charge in [-0.15, -0.1) is 0 Å². The van der Waals surface area contributed by atoms with Crippen molar-refractivity contribution in [2.45, 2.75) is 13.5 Å². The van der Waals surface area contributed by atoms with Crippen molar-refractivity contribution in [2.24, 2.45) is 0 Å². The van der Waals surface area contributed by atoms with Crippen LogP contribution in [-0.2, 0) is 6.54 Å². The van der Waals surface area contributed by atoms with E-state index in [0.29, 0.717) is 28.8 Å². The molecule has 0 saturated carbocycles. The number of hydrogen-bond acceptors (Lipinski definition) is 5. The monoisotopic (exact) mass is 400 g/mol. The molecule has 7 heteroatoms. The molecule has 0 unspecified atom stereocenters. The highest BCUT2D eigenvalue weighted by molar-refractivity contribution is 6.04. The highest BCUT2D eigenvalue weighted by Gasteiger charge is 2.17. The van der Waals surface area contributed by atoms with Gasteiger partial charge in [-0.3, -0.25) is 14.6 Å². The lowest BCUT2D eigenvalue weighted by Gasteiger charge is -2.12. The van der Waals surface area contributed by atoms with Crippen LogP contribution in [0.25, 0.3) is 16.5 Å². The summed E-state index contributed by atoms with van der Waals surface area (Å²) < 4.78 is 6.70. The molecule has 0 aliphatic rings. The Morgan fingerprint density at radius 1 is 1.00 bits per heavy atom. The summed E-state index contributed by atoms with van der Waals surface area (Å²) in [5.41, 5.74) is 1.16. The van der Waals surface area contributed by atoms with Crippen LogP contribution in [0.3, 0.4) is 0 Å². The molecule has 0 saturated heterocycles. The van der Waals surface area contributed by atoms with Gasteiger partial charge in [-0.05, 0) is 49.4 Å². The molecule has 4 aromatic rings. The van der Waals surface area contributed by atoms with Crippen molar-refractivity contribution in [3.05, 3.63) is 94.7 Å². The molecule has 2 aromatic heterocycles. The largest absolute Gasteiger partial charge is 0.494 e. The van der Waals surface area contributed by atoms with Crippen LogP contribution in [0.5, 0.6) is 5.75 Å². The molecule has 0 fully saturated rings. The van der Waals surface area contributed by atoms with Gasteiger partial charge in [-0.2, -0.15) is 9.78 Å². The second-order valence-corrected chi connectivity index (χ2v) is 6.54. The zero-order valence-electron chi connectivity index (χ0n) is 16.4. The fraction of sp³-hybridized carbons (Fsp3) is 0.130. The minimum Gasteiger partial charge on any atom is -0.494 e. The number of ether oxygens (including phenoxy) is 1. The highest BCUT2D eigenvalue weighted by atomic mass is 16.5. The number of fused-ring (bicyclic) bond motifs is 1. The summed E-state index contributed by atoms with van der Waals surface area (Å²) in [5, 5.41) is 8.15. The Morgan fingerprint density at radius 2 is 1.73 bits per heavy atom. The summed E-state index contributed by atoms with van der Waals surface area (Å²) in [5.74, 6) is 0.319. The molecule has 2 heterocycles. The van der Waals surface area contributed by atoms with E-state index in [-0.39, 0.29) is 23.7 Å². The molecular formula is C23H20N4O3. The van der Waals surface area contributed by atoms with Gasteiger partial charge in [0.15, 0.2) is 5.69 Å². The van der Waals surface area contributed by atoms with Crippen LogP contribution < -0.4 is 15.6 Å². The zero-order chi connectivity index (χ0) is 20.9. The van der Waals surface area contributed by atoms with E-state index in [4.69, 9.17) is 4.74 Å². The van der Waals surface area contributed by atoms with Crippen LogP contribution in [0, 0.1) is 0 Å². The Bertz CT molecular complexity index is 1240. The Morgan fingerprint density at radius 3 is 2.43 bits per heavy atom. The molecule has 1 amide bonds. The van der Waals surface area contributed by atoms with Gasteiger partial charge in [0, 0.05) is 11.6 Å². The van der Waals surface area contributed by atoms with Crippen LogP contribution in [0.4, 0.5) is 0 Å². The van der Waals surface area contributed by atoms with E-state index < -0.39 is 0 Å². The van der Waals surface area contributed by atoms with Gasteiger partial charge in [-0.1, -0.05) is 24.3 Å². The van der Waals surface area contributed by atoms with Gasteiger partial charge in [0.05, 0.1) is 29.9 Å². The molecule has 7 nitrogen and oxygen atoms in total. The summed E-state index contributed by atoms with van der Waals surface area (Å²) in [6, 6.07) is 19.5. The summed E-state index contributed by atoms with van der Waals surface area (Å²) in [7, 11) is 0. The van der Waals surface area contributed by atoms with E-state index in [1.165, 1.54) is 4.68 Å². The van der Waals surface area contributed by atoms with Crippen molar-refractivity contribution in [3.63, 3.8) is 0 Å². The molecule has 0 atom stereocenters. The molecule has 0 aliphatic carbocycles. The molecule has 0 bridgehead atoms. The smallest absolute Gasteiger partial charge is 0.279 e. The van der Waals surface area contributed by atoms with E-state index in [1.807, 2.05) is 25.1 Å². The number of hydrogen-bond donors (Lipinski definition) is 1. The van der Waals surface area contributed by atoms with E-state index >= 15 is 0 Å². The zero-order valence-corrected chi connectivity index (χ0v) is 16.4. The number of nitrogens with one attached hydrogen (secondary N) is 1. The number of rotatable bonds is 6. The Hall–Kier alpha value is -4.00. The number of benzene rings is 2. The van der Waals surface area contributed by atoms with Crippen LogP contribution in [-0.4, -0.2) is 27.3 Å². The van der Waals surface area contributed by atoms with E-state index in [9.17, 15) is 9.59 Å². The van der Waals surface area contributed by atoms with Gasteiger partial charge < -0.3 is 10.1 Å². The number of carbonyl (C=O) groups is 1. The Balaban J connectivity index is 1.74. The maximum Gasteiger partial charge on any atom is 0.279 e. The maximum atomic E-state index is 13.0. The normalized spacial score (nSPS) is 10.7. The third-order valence-electron chi connectivity index (χ3n) is 4.57. The van der Waals surface area contributed by atoms with Gasteiger partial charge in [0.1, 0.15) is 5.75 Å². The standard InChI is InChI=1S/C23H20N4O3/c1-2-30-18-12-10-17(11-13-18)27-23(29)20-9-4-3-8-19(20)21(26-27)22(28)25-15-16-7-5-6-14-24-16/h3-14H,2,15H2,1H3,(H,25,28). The molecule has 150 valence electrons. The first-order chi connectivity index (χ1) is 14.7. The molecular weight excluding hydrogens is 380 g/mol. The molecule has 2 aromatic carbocycles. The van der Waals surface area contributed by atoms with Gasteiger partial charge in [0.2, 0.25) is 0 Å². The van der Waals surface area contributed by atoms with Crippen molar-refractivity contribution >= 4 is 16.7 Å². The lowest BCUT2D eigenvalue weighted by molar-refractivity contribution is 0.0945. The van der Waals surface area contributed by atoms with Crippen molar-refractivity contribution in [1.29, 1.82) is 0 Å². The van der Waals surface area contributed by atoms with Crippen LogP contribution in [0.15, 0.2) is 77.7 Å². The van der Waals surface area contributed by atoms with Crippen LogP contribution >= 0.6 is 0 Å². The second-order valence-electron chi connectivity index (χ2n) is 6.54. The molecule has 0 spiro atoms. The third kappa shape index (κ3) is 3.91. The van der Waals surface area contributed by atoms with Gasteiger partial charge in [-0.25, -0.2) is 0 Å². The van der Waals surface area contributed by atoms with Crippen LogP contribution in [0.1, 0.15) is 23.1 Å². The SMILES string of the molecule is CCOc1ccc(-n2nc(C(=O)NCc3ccccn3)c3ccccc3c2=O)cc1. The summed E-state index contributed by atoms with van der Waals surface area (Å²) in [4.78, 5) is 30.2. The average Bonchev–Trinajstić information content (AvgIpc) is 2.79. The first-order valence-corrected chi connectivity index (χ1v) is 9.61. The molecule has 0 aliphatic heterocycles. The predicted octanol–water partition coefficient (Wildman–Crippen LogP) is 3.11. The summed E-state index contributed by atoms with van der Waals surface area (Å²) >= 11 is 0. The topological polar surface area (TPSA) is 86.1 Å². The number of nitrogens with zero attached hydrogens (tertiary/aromatic N) is 3. The van der Waals surface area contributed by atoms with Crippen molar-refractivity contribution in [1.82, 2.24) is 20.1 Å². The van der Waals surface area contributed by atoms with Crippen molar-refractivity contribution < 1.29 is 9.53 Å². The lowest BCUT2D eigenvalue weighted by Crippen LogP contribution is -2.30. The number of amides is 1. The van der Waals surface area contributed by atoms with Crippen molar-refractivity contribution in [3.8, 4) is 11.4 Å². The molecule has 1 N–H and O–H groups in total. The maximum absolute atomic E-state index is 13.0. The minimum atomic E-state index is -0.378. The summed E-state index contributed by atoms with van der Waals surface area (Å²) in [6.07, 6.45) is 1.67. The number of aromatic nitrogens is 3. The quantitative estimate of drug-likeness (QED) is 0.537. The number of pyridine rings is 1. The first kappa shape index (κ1) is 19.3. The summed E-state index contributed by atoms with van der Waals surface area (Å²) in [6.45, 7) is 2.71. The molecule has 0 radical (unpaired) electrons. The average molecular weight is 400 g/mol. The highest BCUT2D eigenvalue weighted by Crippen LogP contribution is 2.17. The fourth-order valence-electron chi connectivity index (χ4n) is 3.14. The Labute approximate surface area is 173 Å². The van der Waals surface area contributed by atoms with Crippen molar-refractivity contribution in [2.75, 3.05) is 6.61 Å². The van der Waals surface area contributed by atoms with Gasteiger partial charge >= 0.3 is 0 Å². The third-order valence-corrected chi connectivity index (χ3v) is 4.57. The second kappa shape index (κ2) is 8.57. The van der Waals surface area contributed by atoms with E-state index in [1.54, 1.807) is 54.7 Å². The molecule has 30 heavy (non-hydrogen) atoms. The fourth-order valence-corrected chi connectivity index (χ4v) is 3.14. The minimum absolute atomic E-state index is 0.176. The molecule has 4 rings (SSSR count). The van der Waals surface area contributed by atoms with Crippen LogP contribution in [0.2, 0.25) is 0 Å².